The highest BCUT2D eigenvalue weighted by Crippen LogP contribution is 2.33. The highest BCUT2D eigenvalue weighted by molar-refractivity contribution is 6.06. The molecule has 0 aromatic carbocycles. The number of carbonyl (C=O) groups is 1. The normalized spacial score (nSPS) is 12.8. The Morgan fingerprint density at radius 3 is 2.77 bits per heavy atom. The molecule has 3 heterocycles. The number of nitrogens with one attached hydrogen (secondary N) is 3. The molecule has 0 saturated heterocycles. The second-order valence-corrected chi connectivity index (χ2v) is 6.28. The molecule has 0 saturated carbocycles. The molecule has 0 atom stereocenters. The van der Waals surface area contributed by atoms with Crippen molar-refractivity contribution in [2.75, 3.05) is 5.32 Å². The van der Waals surface area contributed by atoms with E-state index < -0.39 is 0 Å². The van der Waals surface area contributed by atoms with Crippen molar-refractivity contribution in [2.24, 2.45) is 4.99 Å². The molecule has 1 amide bonds. The van der Waals surface area contributed by atoms with Crippen molar-refractivity contribution in [3.05, 3.63) is 103 Å². The van der Waals surface area contributed by atoms with Crippen LogP contribution in [0.15, 0.2) is 91.6 Å². The summed E-state index contributed by atoms with van der Waals surface area (Å²) in [6.45, 7) is 15.5. The fraction of sp³-hybridized carbons (Fsp3) is 0.0435. The van der Waals surface area contributed by atoms with E-state index in [-0.39, 0.29) is 5.91 Å². The van der Waals surface area contributed by atoms with Gasteiger partial charge in [-0.2, -0.15) is 0 Å². The molecule has 0 unspecified atom stereocenters. The number of anilines is 2. The van der Waals surface area contributed by atoms with E-state index in [4.69, 9.17) is 0 Å². The first-order chi connectivity index (χ1) is 14.5. The Labute approximate surface area is 175 Å². The van der Waals surface area contributed by atoms with Gasteiger partial charge in [0.05, 0.1) is 23.1 Å². The molecule has 0 bridgehead atoms. The van der Waals surface area contributed by atoms with Crippen LogP contribution >= 0.6 is 0 Å². The molecule has 7 heteroatoms. The summed E-state index contributed by atoms with van der Waals surface area (Å²) in [4.78, 5) is 25.6. The van der Waals surface area contributed by atoms with E-state index in [0.717, 1.165) is 5.56 Å². The Kier molecular flexibility index (Phi) is 6.34. The van der Waals surface area contributed by atoms with Gasteiger partial charge < -0.3 is 16.0 Å². The molecule has 2 aromatic rings. The van der Waals surface area contributed by atoms with Gasteiger partial charge in [0.15, 0.2) is 0 Å². The van der Waals surface area contributed by atoms with Gasteiger partial charge in [0.2, 0.25) is 0 Å². The van der Waals surface area contributed by atoms with Crippen LogP contribution < -0.4 is 16.0 Å². The van der Waals surface area contributed by atoms with Gasteiger partial charge in [-0.25, -0.2) is 9.98 Å². The minimum atomic E-state index is -0.173. The van der Waals surface area contributed by atoms with Crippen molar-refractivity contribution in [3.63, 3.8) is 0 Å². The number of aliphatic imine (C=N–C) groups is 1. The molecule has 1 aliphatic heterocycles. The van der Waals surface area contributed by atoms with Crippen LogP contribution in [0.5, 0.6) is 0 Å². The Morgan fingerprint density at radius 1 is 1.23 bits per heavy atom. The predicted octanol–water partition coefficient (Wildman–Crippen LogP) is 3.86. The zero-order chi connectivity index (χ0) is 21.5. The lowest BCUT2D eigenvalue weighted by Crippen LogP contribution is -2.13. The molecule has 0 spiro atoms. The van der Waals surface area contributed by atoms with Crippen LogP contribution in [0.1, 0.15) is 21.6 Å². The third-order valence-electron chi connectivity index (χ3n) is 4.35. The van der Waals surface area contributed by atoms with E-state index in [1.807, 2.05) is 18.2 Å². The largest absolute Gasteiger partial charge is 0.348 e. The van der Waals surface area contributed by atoms with Crippen LogP contribution in [0.3, 0.4) is 0 Å². The van der Waals surface area contributed by atoms with E-state index in [1.54, 1.807) is 30.8 Å². The van der Waals surface area contributed by atoms with Gasteiger partial charge >= 0.3 is 0 Å². The molecule has 30 heavy (non-hydrogen) atoms. The Morgan fingerprint density at radius 2 is 2.07 bits per heavy atom. The van der Waals surface area contributed by atoms with E-state index in [2.05, 4.69) is 57.2 Å². The van der Waals surface area contributed by atoms with E-state index in [9.17, 15) is 4.79 Å². The minimum absolute atomic E-state index is 0.173. The third-order valence-corrected chi connectivity index (χ3v) is 4.35. The van der Waals surface area contributed by atoms with Crippen LogP contribution in [0, 0.1) is 0 Å². The van der Waals surface area contributed by atoms with Crippen molar-refractivity contribution in [3.8, 4) is 0 Å². The molecular weight excluding hydrogens is 376 g/mol. The quantitative estimate of drug-likeness (QED) is 0.441. The predicted molar refractivity (Wildman–Crippen MR) is 121 cm³/mol. The molecule has 0 aliphatic carbocycles. The molecule has 3 rings (SSSR count). The zero-order valence-electron chi connectivity index (χ0n) is 16.5. The Balaban J connectivity index is 2.04. The topological polar surface area (TPSA) is 91.3 Å². The Hall–Kier alpha value is -4.26. The number of carbonyl (C=O) groups excluding carboxylic acids is 1. The maximum Gasteiger partial charge on any atom is 0.254 e. The van der Waals surface area contributed by atoms with Crippen LogP contribution in [0.2, 0.25) is 0 Å². The zero-order valence-corrected chi connectivity index (χ0v) is 16.5. The summed E-state index contributed by atoms with van der Waals surface area (Å²) in [5.41, 5.74) is 3.88. The molecule has 0 fully saturated rings. The fourth-order valence-electron chi connectivity index (χ4n) is 2.95. The SMILES string of the molecule is C=CNC(=C)/N=C\C=C(/C(=C)C=C)c1ncc(Nc2ccccn2)c2c1CNC2=O. The fourth-order valence-corrected chi connectivity index (χ4v) is 2.95. The highest BCUT2D eigenvalue weighted by atomic mass is 16.1. The van der Waals surface area contributed by atoms with Gasteiger partial charge in [0.25, 0.3) is 5.91 Å². The van der Waals surface area contributed by atoms with Crippen molar-refractivity contribution in [1.29, 1.82) is 0 Å². The number of fused-ring (bicyclic) bond motifs is 1. The first-order valence-electron chi connectivity index (χ1n) is 9.16. The lowest BCUT2D eigenvalue weighted by atomic mass is 9.96. The summed E-state index contributed by atoms with van der Waals surface area (Å²) in [5.74, 6) is 0.892. The van der Waals surface area contributed by atoms with E-state index >= 15 is 0 Å². The van der Waals surface area contributed by atoms with Gasteiger partial charge in [-0.15, -0.1) is 0 Å². The van der Waals surface area contributed by atoms with Gasteiger partial charge in [-0.3, -0.25) is 9.78 Å². The second-order valence-electron chi connectivity index (χ2n) is 6.28. The van der Waals surface area contributed by atoms with E-state index in [0.29, 0.717) is 46.3 Å². The van der Waals surface area contributed by atoms with Crippen LogP contribution in [-0.4, -0.2) is 22.1 Å². The molecule has 3 N–H and O–H groups in total. The first-order valence-corrected chi connectivity index (χ1v) is 9.16. The number of pyridine rings is 2. The summed E-state index contributed by atoms with van der Waals surface area (Å²) in [7, 11) is 0. The average Bonchev–Trinajstić information content (AvgIpc) is 3.14. The molecule has 0 radical (unpaired) electrons. The second kappa shape index (κ2) is 9.29. The molecule has 150 valence electrons. The van der Waals surface area contributed by atoms with Crippen molar-refractivity contribution in [2.45, 2.75) is 6.54 Å². The van der Waals surface area contributed by atoms with Gasteiger partial charge in [0, 0.05) is 30.1 Å². The number of rotatable bonds is 9. The van der Waals surface area contributed by atoms with Crippen molar-refractivity contribution in [1.82, 2.24) is 20.6 Å². The molecule has 7 nitrogen and oxygen atoms in total. The number of amides is 1. The molecule has 2 aromatic heterocycles. The standard InChI is InChI=1S/C23H22N6O/c1-5-15(3)17(10-12-25-16(4)24-6-2)22-18-13-28-23(30)21(18)19(14-27-22)29-20-9-7-8-11-26-20/h5-12,14,24H,1-4,13H2,(H,26,29)(H,28,30)/b17-10+,25-12-. The number of allylic oxidation sites excluding steroid dienone is 4. The van der Waals surface area contributed by atoms with Crippen LogP contribution in [0.25, 0.3) is 5.57 Å². The summed E-state index contributed by atoms with van der Waals surface area (Å²) in [5, 5.41) is 8.82. The van der Waals surface area contributed by atoms with Crippen molar-refractivity contribution < 1.29 is 4.79 Å². The highest BCUT2D eigenvalue weighted by Gasteiger charge is 2.28. The third kappa shape index (κ3) is 4.41. The first kappa shape index (κ1) is 20.5. The monoisotopic (exact) mass is 398 g/mol. The maximum absolute atomic E-state index is 12.5. The number of hydrogen-bond donors (Lipinski definition) is 3. The summed E-state index contributed by atoms with van der Waals surface area (Å²) < 4.78 is 0. The summed E-state index contributed by atoms with van der Waals surface area (Å²) in [6.07, 6.45) is 9.76. The maximum atomic E-state index is 12.5. The number of hydrogen-bond acceptors (Lipinski definition) is 6. The smallest absolute Gasteiger partial charge is 0.254 e. The van der Waals surface area contributed by atoms with Gasteiger partial charge in [-0.05, 0) is 30.0 Å². The van der Waals surface area contributed by atoms with Crippen LogP contribution in [-0.2, 0) is 6.54 Å². The van der Waals surface area contributed by atoms with Crippen molar-refractivity contribution >= 4 is 29.2 Å². The van der Waals surface area contributed by atoms with E-state index in [1.165, 1.54) is 6.20 Å². The lowest BCUT2D eigenvalue weighted by molar-refractivity contribution is 0.0966. The molecular formula is C23H22N6O. The molecule has 1 aliphatic rings. The van der Waals surface area contributed by atoms with Gasteiger partial charge in [0.1, 0.15) is 11.6 Å². The minimum Gasteiger partial charge on any atom is -0.348 e. The van der Waals surface area contributed by atoms with Crippen LogP contribution in [0.4, 0.5) is 11.5 Å². The Bertz CT molecular complexity index is 1080. The average molecular weight is 398 g/mol. The number of nitrogens with zero attached hydrogens (tertiary/aromatic N) is 3. The lowest BCUT2D eigenvalue weighted by Gasteiger charge is -2.14. The number of aromatic nitrogens is 2. The summed E-state index contributed by atoms with van der Waals surface area (Å²) in [6, 6.07) is 5.50. The van der Waals surface area contributed by atoms with Gasteiger partial charge in [-0.1, -0.05) is 38.5 Å². The summed E-state index contributed by atoms with van der Waals surface area (Å²) >= 11 is 0.